The third-order valence-electron chi connectivity index (χ3n) is 4.52. The van der Waals surface area contributed by atoms with E-state index in [1.54, 1.807) is 0 Å². The van der Waals surface area contributed by atoms with Crippen molar-refractivity contribution in [1.29, 1.82) is 0 Å². The minimum atomic E-state index is -0.350. The van der Waals surface area contributed by atoms with Gasteiger partial charge in [0, 0.05) is 0 Å². The Morgan fingerprint density at radius 2 is 2.05 bits per heavy atom. The van der Waals surface area contributed by atoms with Crippen molar-refractivity contribution in [2.45, 2.75) is 58.0 Å². The second kappa shape index (κ2) is 6.40. The van der Waals surface area contributed by atoms with Crippen LogP contribution in [0, 0.1) is 0 Å². The van der Waals surface area contributed by atoms with E-state index in [2.05, 4.69) is 55.7 Å². The standard InChI is InChI=1S/C17H26N2O/c1-4-14-7-9-15(10-8-14)13(3)19-16(20)17(5-2)11-6-12-18-17/h7-10,13,18H,4-6,11-12H2,1-3H3,(H,19,20). The molecule has 1 amide bonds. The van der Waals surface area contributed by atoms with Crippen LogP contribution in [-0.4, -0.2) is 18.0 Å². The summed E-state index contributed by atoms with van der Waals surface area (Å²) in [5.41, 5.74) is 2.15. The van der Waals surface area contributed by atoms with Crippen molar-refractivity contribution in [1.82, 2.24) is 10.6 Å². The molecule has 1 aliphatic rings. The van der Waals surface area contributed by atoms with E-state index >= 15 is 0 Å². The molecule has 1 fully saturated rings. The van der Waals surface area contributed by atoms with E-state index in [0.29, 0.717) is 0 Å². The zero-order valence-corrected chi connectivity index (χ0v) is 12.8. The Morgan fingerprint density at radius 3 is 2.55 bits per heavy atom. The molecule has 0 bridgehead atoms. The third kappa shape index (κ3) is 3.04. The minimum absolute atomic E-state index is 0.0548. The number of hydrogen-bond donors (Lipinski definition) is 2. The summed E-state index contributed by atoms with van der Waals surface area (Å²) in [5.74, 6) is 0.143. The molecule has 1 aromatic rings. The topological polar surface area (TPSA) is 41.1 Å². The average molecular weight is 274 g/mol. The second-order valence-electron chi connectivity index (χ2n) is 5.76. The van der Waals surface area contributed by atoms with Crippen LogP contribution in [-0.2, 0) is 11.2 Å². The number of benzene rings is 1. The summed E-state index contributed by atoms with van der Waals surface area (Å²) in [6, 6.07) is 8.57. The van der Waals surface area contributed by atoms with Crippen molar-refractivity contribution in [2.24, 2.45) is 0 Å². The molecule has 1 saturated heterocycles. The molecule has 20 heavy (non-hydrogen) atoms. The maximum absolute atomic E-state index is 12.5. The number of carbonyl (C=O) groups is 1. The summed E-state index contributed by atoms with van der Waals surface area (Å²) in [6.45, 7) is 7.23. The van der Waals surface area contributed by atoms with Gasteiger partial charge in [0.2, 0.25) is 5.91 Å². The van der Waals surface area contributed by atoms with Gasteiger partial charge in [0.05, 0.1) is 11.6 Å². The highest BCUT2D eigenvalue weighted by Gasteiger charge is 2.39. The predicted octanol–water partition coefficient (Wildman–Crippen LogP) is 2.96. The van der Waals surface area contributed by atoms with Gasteiger partial charge in [-0.3, -0.25) is 4.79 Å². The molecular weight excluding hydrogens is 248 g/mol. The normalized spacial score (nSPS) is 23.6. The second-order valence-corrected chi connectivity index (χ2v) is 5.76. The van der Waals surface area contributed by atoms with Gasteiger partial charge in [-0.2, -0.15) is 0 Å². The van der Waals surface area contributed by atoms with E-state index < -0.39 is 0 Å². The van der Waals surface area contributed by atoms with Crippen LogP contribution >= 0.6 is 0 Å². The van der Waals surface area contributed by atoms with Crippen LogP contribution in [0.25, 0.3) is 0 Å². The van der Waals surface area contributed by atoms with Crippen LogP contribution in [0.3, 0.4) is 0 Å². The Labute approximate surface area is 122 Å². The van der Waals surface area contributed by atoms with E-state index in [-0.39, 0.29) is 17.5 Å². The first-order chi connectivity index (χ1) is 9.61. The first kappa shape index (κ1) is 15.0. The average Bonchev–Trinajstić information content (AvgIpc) is 2.97. The number of amides is 1. The molecule has 1 aromatic carbocycles. The Morgan fingerprint density at radius 1 is 1.35 bits per heavy atom. The molecule has 0 spiro atoms. The fraction of sp³-hybridized carbons (Fsp3) is 0.588. The highest BCUT2D eigenvalue weighted by Crippen LogP contribution is 2.24. The summed E-state index contributed by atoms with van der Waals surface area (Å²) in [7, 11) is 0. The molecule has 0 saturated carbocycles. The van der Waals surface area contributed by atoms with Gasteiger partial charge >= 0.3 is 0 Å². The first-order valence-electron chi connectivity index (χ1n) is 7.76. The van der Waals surface area contributed by atoms with Gasteiger partial charge in [0.25, 0.3) is 0 Å². The Balaban J connectivity index is 2.02. The smallest absolute Gasteiger partial charge is 0.240 e. The predicted molar refractivity (Wildman–Crippen MR) is 82.6 cm³/mol. The molecule has 3 nitrogen and oxygen atoms in total. The summed E-state index contributed by atoms with van der Waals surface area (Å²) in [5, 5.41) is 6.55. The Bertz CT molecular complexity index is 447. The quantitative estimate of drug-likeness (QED) is 0.866. The molecule has 2 N–H and O–H groups in total. The van der Waals surface area contributed by atoms with Gasteiger partial charge in [-0.15, -0.1) is 0 Å². The molecule has 3 heteroatoms. The summed E-state index contributed by atoms with van der Waals surface area (Å²) in [6.07, 6.45) is 3.92. The van der Waals surface area contributed by atoms with E-state index in [9.17, 15) is 4.79 Å². The monoisotopic (exact) mass is 274 g/mol. The minimum Gasteiger partial charge on any atom is -0.348 e. The Hall–Kier alpha value is -1.35. The zero-order chi connectivity index (χ0) is 14.6. The largest absolute Gasteiger partial charge is 0.348 e. The first-order valence-corrected chi connectivity index (χ1v) is 7.76. The lowest BCUT2D eigenvalue weighted by Gasteiger charge is -2.28. The fourth-order valence-electron chi connectivity index (χ4n) is 2.92. The molecule has 2 atom stereocenters. The summed E-state index contributed by atoms with van der Waals surface area (Å²) in [4.78, 5) is 12.5. The molecule has 1 aliphatic heterocycles. The summed E-state index contributed by atoms with van der Waals surface area (Å²) >= 11 is 0. The molecule has 1 heterocycles. The number of nitrogens with one attached hydrogen (secondary N) is 2. The lowest BCUT2D eigenvalue weighted by molar-refractivity contribution is -0.128. The van der Waals surface area contributed by atoms with Gasteiger partial charge in [0.1, 0.15) is 0 Å². The van der Waals surface area contributed by atoms with Crippen LogP contribution in [0.5, 0.6) is 0 Å². The zero-order valence-electron chi connectivity index (χ0n) is 12.8. The lowest BCUT2D eigenvalue weighted by Crippen LogP contribution is -2.53. The van der Waals surface area contributed by atoms with E-state index in [1.807, 2.05) is 0 Å². The van der Waals surface area contributed by atoms with Crippen molar-refractivity contribution in [2.75, 3.05) is 6.54 Å². The van der Waals surface area contributed by atoms with Gasteiger partial charge in [-0.1, -0.05) is 38.1 Å². The number of hydrogen-bond acceptors (Lipinski definition) is 2. The van der Waals surface area contributed by atoms with Gasteiger partial charge in [-0.05, 0) is 50.3 Å². The van der Waals surface area contributed by atoms with Crippen molar-refractivity contribution in [3.05, 3.63) is 35.4 Å². The highest BCUT2D eigenvalue weighted by atomic mass is 16.2. The van der Waals surface area contributed by atoms with E-state index in [0.717, 1.165) is 32.2 Å². The molecule has 0 aliphatic carbocycles. The van der Waals surface area contributed by atoms with Crippen molar-refractivity contribution in [3.63, 3.8) is 0 Å². The maximum Gasteiger partial charge on any atom is 0.240 e. The molecule has 0 radical (unpaired) electrons. The molecule has 2 unspecified atom stereocenters. The van der Waals surface area contributed by atoms with Crippen LogP contribution in [0.4, 0.5) is 0 Å². The third-order valence-corrected chi connectivity index (χ3v) is 4.52. The fourth-order valence-corrected chi connectivity index (χ4v) is 2.92. The Kier molecular flexibility index (Phi) is 4.81. The van der Waals surface area contributed by atoms with Crippen LogP contribution in [0.2, 0.25) is 0 Å². The molecule has 2 rings (SSSR count). The molecule has 110 valence electrons. The van der Waals surface area contributed by atoms with Crippen molar-refractivity contribution in [3.8, 4) is 0 Å². The number of rotatable bonds is 5. The number of carbonyl (C=O) groups excluding carboxylic acids is 1. The SMILES string of the molecule is CCc1ccc(C(C)NC(=O)C2(CC)CCCN2)cc1. The maximum atomic E-state index is 12.5. The van der Waals surface area contributed by atoms with Gasteiger partial charge < -0.3 is 10.6 Å². The van der Waals surface area contributed by atoms with E-state index in [1.165, 1.54) is 11.1 Å². The van der Waals surface area contributed by atoms with Crippen LogP contribution < -0.4 is 10.6 Å². The lowest BCUT2D eigenvalue weighted by atomic mass is 9.92. The molecule has 0 aromatic heterocycles. The van der Waals surface area contributed by atoms with E-state index in [4.69, 9.17) is 0 Å². The van der Waals surface area contributed by atoms with Crippen molar-refractivity contribution >= 4 is 5.91 Å². The van der Waals surface area contributed by atoms with Crippen LogP contribution in [0.1, 0.15) is 57.2 Å². The van der Waals surface area contributed by atoms with Crippen molar-refractivity contribution < 1.29 is 4.79 Å². The summed E-state index contributed by atoms with van der Waals surface area (Å²) < 4.78 is 0. The molecular formula is C17H26N2O. The van der Waals surface area contributed by atoms with Gasteiger partial charge in [0.15, 0.2) is 0 Å². The van der Waals surface area contributed by atoms with Crippen LogP contribution in [0.15, 0.2) is 24.3 Å². The van der Waals surface area contributed by atoms with Gasteiger partial charge in [-0.25, -0.2) is 0 Å². The highest BCUT2D eigenvalue weighted by molar-refractivity contribution is 5.87. The number of aryl methyl sites for hydroxylation is 1.